The lowest BCUT2D eigenvalue weighted by Gasteiger charge is -2.25. The summed E-state index contributed by atoms with van der Waals surface area (Å²) in [6, 6.07) is 17.9. The summed E-state index contributed by atoms with van der Waals surface area (Å²) in [5, 5.41) is 9.00. The van der Waals surface area contributed by atoms with E-state index in [2.05, 4.69) is 68.1 Å². The summed E-state index contributed by atoms with van der Waals surface area (Å²) in [5.41, 5.74) is 6.60. The molecule has 0 saturated carbocycles. The molecule has 0 radical (unpaired) electrons. The van der Waals surface area contributed by atoms with Crippen LogP contribution in [0.5, 0.6) is 0 Å². The first-order valence-electron chi connectivity index (χ1n) is 13.5. The van der Waals surface area contributed by atoms with Crippen LogP contribution in [0.1, 0.15) is 56.6 Å². The van der Waals surface area contributed by atoms with Crippen molar-refractivity contribution >= 4 is 11.5 Å². The molecule has 2 aromatic rings. The lowest BCUT2D eigenvalue weighted by atomic mass is 9.91. The molecule has 1 aliphatic carbocycles. The van der Waals surface area contributed by atoms with Crippen molar-refractivity contribution in [3.63, 3.8) is 0 Å². The summed E-state index contributed by atoms with van der Waals surface area (Å²) >= 11 is 0. The van der Waals surface area contributed by atoms with Gasteiger partial charge in [0.25, 0.3) is 0 Å². The largest absolute Gasteiger partial charge is 0.462 e. The van der Waals surface area contributed by atoms with E-state index in [4.69, 9.17) is 19.3 Å². The number of aliphatic hydroxyl groups excluding tert-OH is 1. The Balaban J connectivity index is 1.48. The van der Waals surface area contributed by atoms with Gasteiger partial charge in [0.15, 0.2) is 0 Å². The second-order valence-corrected chi connectivity index (χ2v) is 9.87. The van der Waals surface area contributed by atoms with E-state index >= 15 is 0 Å². The van der Waals surface area contributed by atoms with Gasteiger partial charge >= 0.3 is 5.97 Å². The van der Waals surface area contributed by atoms with Crippen LogP contribution >= 0.6 is 0 Å². The lowest BCUT2D eigenvalue weighted by molar-refractivity contribution is -0.142. The Bertz CT molecular complexity index is 1010. The molecule has 2 unspecified atom stereocenters. The van der Waals surface area contributed by atoms with Crippen molar-refractivity contribution in [1.29, 1.82) is 0 Å². The molecule has 1 N–H and O–H groups in total. The van der Waals surface area contributed by atoms with Crippen LogP contribution in [0.2, 0.25) is 0 Å². The van der Waals surface area contributed by atoms with Gasteiger partial charge in [-0.1, -0.05) is 81.0 Å². The monoisotopic (exact) mass is 506 g/mol. The Morgan fingerprint density at radius 2 is 1.68 bits per heavy atom. The summed E-state index contributed by atoms with van der Waals surface area (Å²) in [5.74, 6) is -0.650. The van der Waals surface area contributed by atoms with Gasteiger partial charge in [-0.15, -0.1) is 0 Å². The number of carbonyl (C=O) groups is 1. The molecule has 1 aliphatic rings. The number of rotatable bonds is 15. The first-order chi connectivity index (χ1) is 18.0. The molecule has 37 heavy (non-hydrogen) atoms. The van der Waals surface area contributed by atoms with Gasteiger partial charge in [0.1, 0.15) is 0 Å². The molecule has 2 aromatic carbocycles. The zero-order chi connectivity index (χ0) is 26.5. The number of hydrogen-bond donors (Lipinski definition) is 1. The first kappa shape index (κ1) is 28.8. The molecule has 0 bridgehead atoms. The third-order valence-electron chi connectivity index (χ3n) is 6.87. The summed E-state index contributed by atoms with van der Waals surface area (Å²) < 4.78 is 16.6. The SMILES string of the molecule is C=C(CO)C(=O)OCC(COC)COC1CC=C(c2ccc(-c3ccc(CCCCC)cc3)cc2)CC1. The number of unbranched alkanes of at least 4 members (excludes halogenated alkanes) is 2. The van der Waals surface area contributed by atoms with Crippen LogP contribution in [0.25, 0.3) is 16.7 Å². The van der Waals surface area contributed by atoms with Crippen LogP contribution in [0.3, 0.4) is 0 Å². The Kier molecular flexibility index (Phi) is 12.1. The van der Waals surface area contributed by atoms with Crippen molar-refractivity contribution in [2.45, 2.75) is 58.0 Å². The maximum Gasteiger partial charge on any atom is 0.335 e. The number of carbonyl (C=O) groups excluding carboxylic acids is 1. The van der Waals surface area contributed by atoms with Gasteiger partial charge in [-0.25, -0.2) is 4.79 Å². The van der Waals surface area contributed by atoms with Gasteiger partial charge in [-0.05, 0) is 59.9 Å². The molecular formula is C32H42O5. The highest BCUT2D eigenvalue weighted by Gasteiger charge is 2.20. The van der Waals surface area contributed by atoms with Crippen LogP contribution in [0, 0.1) is 5.92 Å². The minimum atomic E-state index is -0.584. The second-order valence-electron chi connectivity index (χ2n) is 9.87. The average Bonchev–Trinajstić information content (AvgIpc) is 2.95. The first-order valence-corrected chi connectivity index (χ1v) is 13.5. The Morgan fingerprint density at radius 3 is 2.27 bits per heavy atom. The number of allylic oxidation sites excluding steroid dienone is 1. The van der Waals surface area contributed by atoms with Gasteiger partial charge in [0, 0.05) is 13.0 Å². The molecule has 0 spiro atoms. The minimum Gasteiger partial charge on any atom is -0.462 e. The maximum atomic E-state index is 11.7. The van der Waals surface area contributed by atoms with E-state index in [-0.39, 0.29) is 24.2 Å². The van der Waals surface area contributed by atoms with Gasteiger partial charge in [0.2, 0.25) is 0 Å². The van der Waals surface area contributed by atoms with E-state index in [1.807, 2.05) is 0 Å². The molecule has 200 valence electrons. The van der Waals surface area contributed by atoms with Crippen molar-refractivity contribution in [1.82, 2.24) is 0 Å². The number of aryl methyl sites for hydroxylation is 1. The molecule has 2 atom stereocenters. The Hall–Kier alpha value is -2.73. The quantitative estimate of drug-likeness (QED) is 0.172. The highest BCUT2D eigenvalue weighted by Crippen LogP contribution is 2.30. The van der Waals surface area contributed by atoms with Gasteiger partial charge in [-0.3, -0.25) is 0 Å². The number of benzene rings is 2. The fourth-order valence-corrected chi connectivity index (χ4v) is 4.56. The van der Waals surface area contributed by atoms with Crippen molar-refractivity contribution in [3.05, 3.63) is 77.9 Å². The molecule has 0 amide bonds. The number of hydrogen-bond acceptors (Lipinski definition) is 5. The molecule has 0 fully saturated rings. The fraction of sp³-hybridized carbons (Fsp3) is 0.469. The van der Waals surface area contributed by atoms with Crippen LogP contribution in [-0.4, -0.2) is 50.7 Å². The van der Waals surface area contributed by atoms with Crippen molar-refractivity contribution in [2.75, 3.05) is 33.5 Å². The second kappa shape index (κ2) is 15.5. The third-order valence-corrected chi connectivity index (χ3v) is 6.87. The van der Waals surface area contributed by atoms with Crippen molar-refractivity contribution < 1.29 is 24.1 Å². The van der Waals surface area contributed by atoms with Crippen LogP contribution in [0.15, 0.2) is 66.8 Å². The highest BCUT2D eigenvalue weighted by molar-refractivity contribution is 5.87. The minimum absolute atomic E-state index is 0.0470. The number of methoxy groups -OCH3 is 1. The lowest BCUT2D eigenvalue weighted by Crippen LogP contribution is -2.27. The summed E-state index contributed by atoms with van der Waals surface area (Å²) in [6.45, 7) is 6.38. The van der Waals surface area contributed by atoms with Crippen molar-refractivity contribution in [3.8, 4) is 11.1 Å². The summed E-state index contributed by atoms with van der Waals surface area (Å²) in [4.78, 5) is 11.7. The van der Waals surface area contributed by atoms with E-state index in [1.165, 1.54) is 47.1 Å². The molecule has 0 saturated heterocycles. The number of ether oxygens (including phenoxy) is 3. The van der Waals surface area contributed by atoms with Gasteiger partial charge in [-0.2, -0.15) is 0 Å². The van der Waals surface area contributed by atoms with Crippen LogP contribution in [0.4, 0.5) is 0 Å². The zero-order valence-corrected chi connectivity index (χ0v) is 22.4. The standard InChI is InChI=1S/C32H42O5/c1-4-5-6-7-25-8-10-27(11-9-25)28-12-14-29(15-13-28)30-16-18-31(19-17-30)36-22-26(21-35-3)23-37-32(34)24(2)20-33/h8-16,26,31,33H,2,4-7,17-23H2,1,3H3. The average molecular weight is 507 g/mol. The van der Waals surface area contributed by atoms with Crippen LogP contribution < -0.4 is 0 Å². The van der Waals surface area contributed by atoms with E-state index in [1.54, 1.807) is 7.11 Å². The Morgan fingerprint density at radius 1 is 1.00 bits per heavy atom. The van der Waals surface area contributed by atoms with Gasteiger partial charge < -0.3 is 19.3 Å². The number of aliphatic hydroxyl groups is 1. The van der Waals surface area contributed by atoms with E-state index < -0.39 is 12.6 Å². The zero-order valence-electron chi connectivity index (χ0n) is 22.4. The summed E-state index contributed by atoms with van der Waals surface area (Å²) in [7, 11) is 1.62. The fourth-order valence-electron chi connectivity index (χ4n) is 4.56. The highest BCUT2D eigenvalue weighted by atomic mass is 16.5. The molecular weight excluding hydrogens is 464 g/mol. The van der Waals surface area contributed by atoms with E-state index in [9.17, 15) is 4.79 Å². The van der Waals surface area contributed by atoms with E-state index in [0.717, 1.165) is 25.7 Å². The normalized spacial score (nSPS) is 16.2. The topological polar surface area (TPSA) is 65.0 Å². The molecule has 5 heteroatoms. The van der Waals surface area contributed by atoms with Crippen LogP contribution in [-0.2, 0) is 25.4 Å². The molecule has 3 rings (SSSR count). The molecule has 0 aliphatic heterocycles. The molecule has 5 nitrogen and oxygen atoms in total. The summed E-state index contributed by atoms with van der Waals surface area (Å²) in [6.07, 6.45) is 10.2. The third kappa shape index (κ3) is 9.26. The molecule has 0 heterocycles. The Labute approximate surface area is 222 Å². The van der Waals surface area contributed by atoms with Crippen molar-refractivity contribution in [2.24, 2.45) is 5.92 Å². The van der Waals surface area contributed by atoms with Gasteiger partial charge in [0.05, 0.1) is 38.1 Å². The number of esters is 1. The smallest absolute Gasteiger partial charge is 0.335 e. The predicted molar refractivity (Wildman–Crippen MR) is 149 cm³/mol. The predicted octanol–water partition coefficient (Wildman–Crippen LogP) is 6.39. The maximum absolute atomic E-state index is 11.7. The van der Waals surface area contributed by atoms with E-state index in [0.29, 0.717) is 13.2 Å². The molecule has 0 aromatic heterocycles.